The maximum atomic E-state index is 13.4. The Labute approximate surface area is 242 Å². The van der Waals surface area contributed by atoms with Crippen LogP contribution in [0.3, 0.4) is 0 Å². The third-order valence-electron chi connectivity index (χ3n) is 5.71. The van der Waals surface area contributed by atoms with Crippen molar-refractivity contribution in [3.05, 3.63) is 87.9 Å². The summed E-state index contributed by atoms with van der Waals surface area (Å²) in [5.74, 6) is 1.32. The van der Waals surface area contributed by atoms with Crippen molar-refractivity contribution >= 4 is 70.6 Å². The molecule has 0 saturated carbocycles. The Hall–Kier alpha value is -3.16. The first-order chi connectivity index (χ1) is 18.1. The second-order valence-corrected chi connectivity index (χ2v) is 10.6. The molecular weight excluding hydrogens is 690 g/mol. The summed E-state index contributed by atoms with van der Waals surface area (Å²) in [4.78, 5) is 32.5. The van der Waals surface area contributed by atoms with E-state index in [-0.39, 0.29) is 23.0 Å². The highest BCUT2D eigenvalue weighted by molar-refractivity contribution is 9.13. The topological polar surface area (TPSA) is 122 Å². The number of halogens is 3. The molecule has 1 atom stereocenters. The summed E-state index contributed by atoms with van der Waals surface area (Å²) in [5, 5.41) is 15.9. The van der Waals surface area contributed by atoms with Crippen LogP contribution in [0, 0.1) is 10.1 Å². The van der Waals surface area contributed by atoms with Crippen LogP contribution in [0.25, 0.3) is 10.9 Å². The Morgan fingerprint density at radius 2 is 1.95 bits per heavy atom. The molecule has 0 bridgehead atoms. The largest absolute Gasteiger partial charge is 0.493 e. The first kappa shape index (κ1) is 27.9. The number of hydrogen-bond acceptors (Lipinski definition) is 8. The smallest absolute Gasteiger partial charge is 0.287 e. The number of hydrogen-bond donors (Lipinski definition) is 0. The molecule has 0 aliphatic rings. The second kappa shape index (κ2) is 11.7. The number of rotatable bonds is 8. The summed E-state index contributed by atoms with van der Waals surface area (Å²) in [6.45, 7) is 4.01. The maximum Gasteiger partial charge on any atom is 0.287 e. The molecule has 0 unspecified atom stereocenters. The van der Waals surface area contributed by atoms with E-state index in [0.29, 0.717) is 42.7 Å². The lowest BCUT2D eigenvalue weighted by atomic mass is 10.1. The van der Waals surface area contributed by atoms with E-state index in [1.807, 2.05) is 19.9 Å². The minimum atomic E-state index is -0.542. The summed E-state index contributed by atoms with van der Waals surface area (Å²) in [7, 11) is 1.48. The lowest BCUT2D eigenvalue weighted by Gasteiger charge is -2.15. The van der Waals surface area contributed by atoms with E-state index in [1.54, 1.807) is 18.2 Å². The fourth-order valence-corrected chi connectivity index (χ4v) is 4.75. The third kappa shape index (κ3) is 5.64. The quantitative estimate of drug-likeness (QED) is 0.108. The average molecular weight is 710 g/mol. The first-order valence-corrected chi connectivity index (χ1v) is 13.6. The van der Waals surface area contributed by atoms with Crippen molar-refractivity contribution in [1.82, 2.24) is 14.6 Å². The molecule has 0 fully saturated rings. The monoisotopic (exact) mass is 707 g/mol. The zero-order valence-corrected chi connectivity index (χ0v) is 25.1. The molecule has 0 aliphatic heterocycles. The normalized spacial score (nSPS) is 12.2. The van der Waals surface area contributed by atoms with Crippen LogP contribution in [0.5, 0.6) is 17.4 Å². The van der Waals surface area contributed by atoms with Crippen molar-refractivity contribution in [3.63, 3.8) is 0 Å². The predicted octanol–water partition coefficient (Wildman–Crippen LogP) is 7.18. The van der Waals surface area contributed by atoms with Crippen LogP contribution in [0.1, 0.15) is 37.6 Å². The highest BCUT2D eigenvalue weighted by Gasteiger charge is 2.20. The van der Waals surface area contributed by atoms with Crippen LogP contribution in [-0.4, -0.2) is 32.9 Å². The van der Waals surface area contributed by atoms with Crippen molar-refractivity contribution in [2.24, 2.45) is 5.10 Å². The lowest BCUT2D eigenvalue weighted by Crippen LogP contribution is -2.23. The highest BCUT2D eigenvalue weighted by Crippen LogP contribution is 2.44. The summed E-state index contributed by atoms with van der Waals surface area (Å²) >= 11 is 10.5. The molecule has 2 aromatic heterocycles. The Bertz CT molecular complexity index is 1620. The Kier molecular flexibility index (Phi) is 8.58. The van der Waals surface area contributed by atoms with E-state index < -0.39 is 4.92 Å². The maximum absolute atomic E-state index is 13.4. The Morgan fingerprint density at radius 3 is 2.58 bits per heavy atom. The Morgan fingerprint density at radius 1 is 1.18 bits per heavy atom. The number of benzene rings is 2. The second-order valence-electron chi connectivity index (χ2n) is 8.14. The van der Waals surface area contributed by atoms with Crippen molar-refractivity contribution in [3.8, 4) is 17.4 Å². The van der Waals surface area contributed by atoms with Gasteiger partial charge in [0.15, 0.2) is 11.5 Å². The number of aromatic nitrogens is 3. The molecular formula is C25H20Br3N5O5. The average Bonchev–Trinajstić information content (AvgIpc) is 2.91. The zero-order chi connectivity index (χ0) is 27.6. The van der Waals surface area contributed by atoms with Crippen molar-refractivity contribution < 1.29 is 14.4 Å². The van der Waals surface area contributed by atoms with Gasteiger partial charge in [0.1, 0.15) is 12.0 Å². The molecule has 0 spiro atoms. The lowest BCUT2D eigenvalue weighted by molar-refractivity contribution is -0.385. The fraction of sp³-hybridized carbons (Fsp3) is 0.200. The predicted molar refractivity (Wildman–Crippen MR) is 155 cm³/mol. The zero-order valence-electron chi connectivity index (χ0n) is 20.3. The van der Waals surface area contributed by atoms with Gasteiger partial charge in [0.2, 0.25) is 5.88 Å². The Balaban J connectivity index is 1.77. The molecule has 4 aromatic rings. The van der Waals surface area contributed by atoms with E-state index in [9.17, 15) is 14.9 Å². The van der Waals surface area contributed by atoms with Gasteiger partial charge in [0.05, 0.1) is 33.6 Å². The van der Waals surface area contributed by atoms with Crippen LogP contribution in [-0.2, 0) is 0 Å². The minimum absolute atomic E-state index is 0.0115. The van der Waals surface area contributed by atoms with Gasteiger partial charge in [-0.1, -0.05) is 29.8 Å². The fourth-order valence-electron chi connectivity index (χ4n) is 3.49. The van der Waals surface area contributed by atoms with Gasteiger partial charge in [0, 0.05) is 32.6 Å². The SMILES string of the molecule is CC[C@@H](C)c1nc2ccc(Br)cc2c(=O)n1N=Cc1cc(OC)c(Oc2ccc([N+](=O)[O-])cn2)c(Br)c1Br. The van der Waals surface area contributed by atoms with E-state index in [1.165, 1.54) is 30.1 Å². The van der Waals surface area contributed by atoms with Crippen molar-refractivity contribution in [2.45, 2.75) is 26.2 Å². The van der Waals surface area contributed by atoms with Crippen LogP contribution in [0.2, 0.25) is 0 Å². The molecule has 196 valence electrons. The van der Waals surface area contributed by atoms with Crippen LogP contribution >= 0.6 is 47.8 Å². The molecule has 4 rings (SSSR count). The number of nitro groups is 1. The summed E-state index contributed by atoms with van der Waals surface area (Å²) < 4.78 is 14.5. The summed E-state index contributed by atoms with van der Waals surface area (Å²) in [6, 6.07) is 9.74. The molecule has 0 saturated heterocycles. The van der Waals surface area contributed by atoms with Gasteiger partial charge in [0.25, 0.3) is 11.2 Å². The third-order valence-corrected chi connectivity index (χ3v) is 8.35. The van der Waals surface area contributed by atoms with E-state index in [4.69, 9.17) is 14.5 Å². The van der Waals surface area contributed by atoms with Crippen LogP contribution in [0.15, 0.2) is 65.9 Å². The molecule has 0 aliphatic carbocycles. The number of methoxy groups -OCH3 is 1. The molecule has 0 N–H and O–H groups in total. The van der Waals surface area contributed by atoms with Gasteiger partial charge in [-0.15, -0.1) is 0 Å². The van der Waals surface area contributed by atoms with E-state index in [0.717, 1.165) is 17.1 Å². The molecule has 2 heterocycles. The van der Waals surface area contributed by atoms with Gasteiger partial charge in [-0.05, 0) is 62.5 Å². The molecule has 38 heavy (non-hydrogen) atoms. The molecule has 2 aromatic carbocycles. The van der Waals surface area contributed by atoms with Gasteiger partial charge < -0.3 is 9.47 Å². The number of nitrogens with zero attached hydrogens (tertiary/aromatic N) is 5. The van der Waals surface area contributed by atoms with Crippen LogP contribution < -0.4 is 15.0 Å². The number of fused-ring (bicyclic) bond motifs is 1. The minimum Gasteiger partial charge on any atom is -0.493 e. The summed E-state index contributed by atoms with van der Waals surface area (Å²) in [6.07, 6.45) is 3.41. The van der Waals surface area contributed by atoms with Gasteiger partial charge >= 0.3 is 0 Å². The van der Waals surface area contributed by atoms with E-state index >= 15 is 0 Å². The molecule has 0 amide bonds. The molecule has 0 radical (unpaired) electrons. The van der Waals surface area contributed by atoms with Crippen LogP contribution in [0.4, 0.5) is 5.69 Å². The van der Waals surface area contributed by atoms with Crippen molar-refractivity contribution in [1.29, 1.82) is 0 Å². The molecule has 13 heteroatoms. The van der Waals surface area contributed by atoms with Gasteiger partial charge in [-0.25, -0.2) is 9.97 Å². The number of pyridine rings is 1. The summed E-state index contributed by atoms with van der Waals surface area (Å²) in [5.41, 5.74) is 0.758. The first-order valence-electron chi connectivity index (χ1n) is 11.2. The van der Waals surface area contributed by atoms with Gasteiger partial charge in [-0.2, -0.15) is 9.78 Å². The standard InChI is InChI=1S/C25H20Br3N5O5/c1-4-13(2)24-31-18-7-5-15(26)10-17(18)25(34)32(24)30-11-14-9-19(37-3)23(22(28)21(14)27)38-20-8-6-16(12-29-20)33(35)36/h5-13H,4H2,1-3H3/t13-/m1/s1. The van der Waals surface area contributed by atoms with E-state index in [2.05, 4.69) is 57.9 Å². The molecule has 10 nitrogen and oxygen atoms in total. The van der Waals surface area contributed by atoms with Crippen molar-refractivity contribution in [2.75, 3.05) is 7.11 Å². The van der Waals surface area contributed by atoms with Gasteiger partial charge in [-0.3, -0.25) is 14.9 Å². The number of ether oxygens (including phenoxy) is 2. The highest BCUT2D eigenvalue weighted by atomic mass is 79.9.